The third kappa shape index (κ3) is 4.04. The average Bonchev–Trinajstić information content (AvgIpc) is 3.26. The van der Waals surface area contributed by atoms with Crippen LogP contribution in [0.4, 0.5) is 10.8 Å². The van der Waals surface area contributed by atoms with Crippen molar-refractivity contribution < 1.29 is 13.2 Å². The van der Waals surface area contributed by atoms with Crippen LogP contribution in [-0.2, 0) is 14.8 Å². The lowest BCUT2D eigenvalue weighted by atomic mass is 10.1. The normalized spacial score (nSPS) is 11.6. The molecule has 0 aliphatic rings. The number of nitrogens with one attached hydrogen (secondary N) is 2. The minimum absolute atomic E-state index is 0.0558. The summed E-state index contributed by atoms with van der Waals surface area (Å²) < 4.78 is 28.7. The molecule has 3 heterocycles. The van der Waals surface area contributed by atoms with Crippen molar-refractivity contribution in [3.05, 3.63) is 47.8 Å². The monoisotopic (exact) mass is 459 g/mol. The van der Waals surface area contributed by atoms with Crippen molar-refractivity contribution in [3.63, 3.8) is 0 Å². The largest absolute Gasteiger partial charge is 0.302 e. The highest BCUT2D eigenvalue weighted by atomic mass is 32.2. The van der Waals surface area contributed by atoms with Gasteiger partial charge in [0.05, 0.1) is 11.4 Å². The topological polar surface area (TPSA) is 114 Å². The number of anilines is 2. The number of sulfonamides is 1. The fourth-order valence-electron chi connectivity index (χ4n) is 2.79. The molecule has 0 fully saturated rings. The molecule has 4 rings (SSSR count). The zero-order valence-electron chi connectivity index (χ0n) is 16.3. The van der Waals surface area contributed by atoms with Crippen LogP contribution in [0.3, 0.4) is 0 Å². The van der Waals surface area contributed by atoms with Crippen molar-refractivity contribution >= 4 is 59.8 Å². The standard InChI is InChI=1S/C19H17N5O3S3/c1-10-6-7-13(16-23-14-5-4-8-20-17(14)28-16)9-15(10)24-30(26,27)18-11(2)21-19(29-18)22-12(3)25/h4-9,24H,1-3H3,(H,21,22,25). The highest BCUT2D eigenvalue weighted by Crippen LogP contribution is 2.33. The second-order valence-corrected chi connectivity index (χ2v) is 10.4. The average molecular weight is 460 g/mol. The molecule has 4 aromatic rings. The maximum atomic E-state index is 13.0. The maximum absolute atomic E-state index is 13.0. The van der Waals surface area contributed by atoms with Gasteiger partial charge in [-0.15, -0.1) is 0 Å². The molecule has 1 amide bonds. The fourth-order valence-corrected chi connectivity index (χ4v) is 6.27. The summed E-state index contributed by atoms with van der Waals surface area (Å²) in [6, 6.07) is 9.22. The van der Waals surface area contributed by atoms with Gasteiger partial charge in [0.25, 0.3) is 10.0 Å². The lowest BCUT2D eigenvalue weighted by Crippen LogP contribution is -2.13. The quantitative estimate of drug-likeness (QED) is 0.463. The van der Waals surface area contributed by atoms with Crippen LogP contribution in [0.1, 0.15) is 18.2 Å². The molecule has 0 aliphatic carbocycles. The Morgan fingerprint density at radius 1 is 1.10 bits per heavy atom. The first-order valence-corrected chi connectivity index (χ1v) is 11.9. The molecule has 0 radical (unpaired) electrons. The predicted octanol–water partition coefficient (Wildman–Crippen LogP) is 4.19. The number of fused-ring (bicyclic) bond motifs is 1. The molecule has 154 valence electrons. The number of hydrogen-bond donors (Lipinski definition) is 2. The second kappa shape index (κ2) is 7.74. The van der Waals surface area contributed by atoms with Gasteiger partial charge in [-0.2, -0.15) is 0 Å². The number of nitrogens with zero attached hydrogens (tertiary/aromatic N) is 3. The van der Waals surface area contributed by atoms with Crippen LogP contribution in [0, 0.1) is 13.8 Å². The van der Waals surface area contributed by atoms with E-state index < -0.39 is 10.0 Å². The van der Waals surface area contributed by atoms with Crippen LogP contribution in [0.5, 0.6) is 0 Å². The number of hydrogen-bond acceptors (Lipinski definition) is 8. The Morgan fingerprint density at radius 2 is 1.90 bits per heavy atom. The van der Waals surface area contributed by atoms with Crippen LogP contribution < -0.4 is 10.0 Å². The number of pyridine rings is 1. The molecule has 0 unspecified atom stereocenters. The summed E-state index contributed by atoms with van der Waals surface area (Å²) in [7, 11) is -3.88. The highest BCUT2D eigenvalue weighted by molar-refractivity contribution is 7.94. The molecule has 0 spiro atoms. The number of amides is 1. The Labute approximate surface area is 181 Å². The van der Waals surface area contributed by atoms with E-state index in [1.807, 2.05) is 31.2 Å². The number of aromatic nitrogens is 3. The SMILES string of the molecule is CC(=O)Nc1nc(C)c(S(=O)(=O)Nc2cc(-c3nc4cccnc4s3)ccc2C)s1. The minimum Gasteiger partial charge on any atom is -0.302 e. The fraction of sp³-hybridized carbons (Fsp3) is 0.158. The van der Waals surface area contributed by atoms with Crippen molar-refractivity contribution in [3.8, 4) is 10.6 Å². The van der Waals surface area contributed by atoms with Gasteiger partial charge in [-0.05, 0) is 37.6 Å². The van der Waals surface area contributed by atoms with Gasteiger partial charge in [0, 0.05) is 18.7 Å². The molecule has 0 aliphatic heterocycles. The molecule has 3 aromatic heterocycles. The van der Waals surface area contributed by atoms with E-state index in [1.54, 1.807) is 19.2 Å². The van der Waals surface area contributed by atoms with Crippen LogP contribution in [-0.4, -0.2) is 29.3 Å². The summed E-state index contributed by atoms with van der Waals surface area (Å²) >= 11 is 2.35. The predicted molar refractivity (Wildman–Crippen MR) is 120 cm³/mol. The Morgan fingerprint density at radius 3 is 2.63 bits per heavy atom. The van der Waals surface area contributed by atoms with Crippen LogP contribution in [0.2, 0.25) is 0 Å². The minimum atomic E-state index is -3.88. The first-order valence-electron chi connectivity index (χ1n) is 8.83. The molecule has 30 heavy (non-hydrogen) atoms. The zero-order valence-corrected chi connectivity index (χ0v) is 18.7. The Bertz CT molecular complexity index is 1340. The Hall–Kier alpha value is -2.89. The van der Waals surface area contributed by atoms with Crippen molar-refractivity contribution in [2.45, 2.75) is 25.0 Å². The smallest absolute Gasteiger partial charge is 0.273 e. The van der Waals surface area contributed by atoms with Crippen molar-refractivity contribution in [1.29, 1.82) is 0 Å². The molecule has 0 bridgehead atoms. The highest BCUT2D eigenvalue weighted by Gasteiger charge is 2.23. The molecule has 11 heteroatoms. The molecule has 2 N–H and O–H groups in total. The van der Waals surface area contributed by atoms with Gasteiger partial charge in [0.15, 0.2) is 9.34 Å². The van der Waals surface area contributed by atoms with Crippen LogP contribution in [0.15, 0.2) is 40.7 Å². The lowest BCUT2D eigenvalue weighted by Gasteiger charge is -2.11. The van der Waals surface area contributed by atoms with Crippen molar-refractivity contribution in [2.24, 2.45) is 0 Å². The molecule has 0 atom stereocenters. The molecular formula is C19H17N5O3S3. The van der Waals surface area contributed by atoms with E-state index in [1.165, 1.54) is 18.3 Å². The van der Waals surface area contributed by atoms with Crippen molar-refractivity contribution in [1.82, 2.24) is 15.0 Å². The van der Waals surface area contributed by atoms with Gasteiger partial charge in [0.1, 0.15) is 15.4 Å². The first kappa shape index (κ1) is 20.4. The van der Waals surface area contributed by atoms with E-state index in [0.29, 0.717) is 11.4 Å². The van der Waals surface area contributed by atoms with E-state index >= 15 is 0 Å². The molecule has 1 aromatic carbocycles. The van der Waals surface area contributed by atoms with E-state index in [-0.39, 0.29) is 15.2 Å². The third-order valence-corrected chi connectivity index (χ3v) is 8.25. The molecule has 8 nitrogen and oxygen atoms in total. The van der Waals surface area contributed by atoms with Crippen molar-refractivity contribution in [2.75, 3.05) is 10.0 Å². The van der Waals surface area contributed by atoms with Gasteiger partial charge in [-0.3, -0.25) is 9.52 Å². The maximum Gasteiger partial charge on any atom is 0.273 e. The summed E-state index contributed by atoms with van der Waals surface area (Å²) in [5.74, 6) is -0.311. The summed E-state index contributed by atoms with van der Waals surface area (Å²) in [5, 5.41) is 3.52. The number of aryl methyl sites for hydroxylation is 2. The van der Waals surface area contributed by atoms with Gasteiger partial charge < -0.3 is 5.32 Å². The number of carbonyl (C=O) groups is 1. The first-order chi connectivity index (χ1) is 14.2. The zero-order chi connectivity index (χ0) is 21.5. The van der Waals surface area contributed by atoms with E-state index in [4.69, 9.17) is 0 Å². The van der Waals surface area contributed by atoms with E-state index in [0.717, 1.165) is 37.8 Å². The van der Waals surface area contributed by atoms with Gasteiger partial charge >= 0.3 is 0 Å². The summed E-state index contributed by atoms with van der Waals surface area (Å²) in [5.41, 5.74) is 3.13. The van der Waals surface area contributed by atoms with Crippen LogP contribution >= 0.6 is 22.7 Å². The molecular weight excluding hydrogens is 442 g/mol. The number of thiazole rings is 2. The summed E-state index contributed by atoms with van der Waals surface area (Å²) in [4.78, 5) is 25.1. The molecule has 0 saturated heterocycles. The van der Waals surface area contributed by atoms with Gasteiger partial charge in [0.2, 0.25) is 5.91 Å². The number of rotatable bonds is 5. The Balaban J connectivity index is 1.68. The number of carbonyl (C=O) groups excluding carboxylic acids is 1. The third-order valence-electron chi connectivity index (χ3n) is 4.18. The number of benzene rings is 1. The summed E-state index contributed by atoms with van der Waals surface area (Å²) in [6.45, 7) is 4.76. The van der Waals surface area contributed by atoms with E-state index in [2.05, 4.69) is 25.0 Å². The van der Waals surface area contributed by atoms with Gasteiger partial charge in [-0.25, -0.2) is 23.4 Å². The van der Waals surface area contributed by atoms with Crippen LogP contribution in [0.25, 0.3) is 20.9 Å². The van der Waals surface area contributed by atoms with Gasteiger partial charge in [-0.1, -0.05) is 34.8 Å². The second-order valence-electron chi connectivity index (χ2n) is 6.55. The molecule has 0 saturated carbocycles. The summed E-state index contributed by atoms with van der Waals surface area (Å²) in [6.07, 6.45) is 1.71. The Kier molecular flexibility index (Phi) is 5.26. The van der Waals surface area contributed by atoms with E-state index in [9.17, 15) is 13.2 Å². The lowest BCUT2D eigenvalue weighted by molar-refractivity contribution is -0.114.